The van der Waals surface area contributed by atoms with Crippen molar-refractivity contribution in [1.29, 1.82) is 0 Å². The van der Waals surface area contributed by atoms with Crippen LogP contribution < -0.4 is 4.72 Å². The Morgan fingerprint density at radius 3 is 2.82 bits per heavy atom. The van der Waals surface area contributed by atoms with Gasteiger partial charge in [0.05, 0.1) is 6.61 Å². The molecule has 0 amide bonds. The second-order valence-corrected chi connectivity index (χ2v) is 6.07. The molecule has 2 rings (SSSR count). The zero-order valence-corrected chi connectivity index (χ0v) is 10.3. The van der Waals surface area contributed by atoms with Gasteiger partial charge in [-0.1, -0.05) is 6.07 Å². The van der Waals surface area contributed by atoms with Crippen molar-refractivity contribution in [3.63, 3.8) is 0 Å². The monoisotopic (exact) mass is 270 g/mol. The molecule has 90 valence electrons. The van der Waals surface area contributed by atoms with Crippen molar-refractivity contribution in [2.24, 2.45) is 0 Å². The van der Waals surface area contributed by atoms with Crippen molar-refractivity contribution in [3.05, 3.63) is 41.4 Å². The predicted molar refractivity (Wildman–Crippen MR) is 65.3 cm³/mol. The summed E-state index contributed by atoms with van der Waals surface area (Å²) in [4.78, 5) is 3.88. The van der Waals surface area contributed by atoms with Crippen LogP contribution in [0.15, 0.2) is 40.1 Å². The van der Waals surface area contributed by atoms with Gasteiger partial charge < -0.3 is 5.11 Å². The molecule has 17 heavy (non-hydrogen) atoms. The summed E-state index contributed by atoms with van der Waals surface area (Å²) in [5, 5.41) is 10.5. The van der Waals surface area contributed by atoms with Gasteiger partial charge in [-0.05, 0) is 29.1 Å². The van der Waals surface area contributed by atoms with E-state index in [4.69, 9.17) is 5.11 Å². The summed E-state index contributed by atoms with van der Waals surface area (Å²) in [7, 11) is -3.61. The van der Waals surface area contributed by atoms with Crippen molar-refractivity contribution in [2.75, 3.05) is 4.72 Å². The molecule has 5 nitrogen and oxygen atoms in total. The average Bonchev–Trinajstić information content (AvgIpc) is 2.79. The van der Waals surface area contributed by atoms with Gasteiger partial charge in [-0.15, -0.1) is 11.3 Å². The number of nitrogens with zero attached hydrogens (tertiary/aromatic N) is 1. The van der Waals surface area contributed by atoms with Gasteiger partial charge in [0.15, 0.2) is 0 Å². The van der Waals surface area contributed by atoms with Gasteiger partial charge in [-0.25, -0.2) is 13.4 Å². The number of aliphatic hydroxyl groups is 1. The molecule has 0 saturated heterocycles. The molecule has 2 heterocycles. The van der Waals surface area contributed by atoms with Crippen LogP contribution in [0, 0.1) is 0 Å². The molecule has 0 atom stereocenters. The molecule has 0 bridgehead atoms. The summed E-state index contributed by atoms with van der Waals surface area (Å²) in [5.74, 6) is 0.270. The van der Waals surface area contributed by atoms with Crippen LogP contribution in [0.5, 0.6) is 0 Å². The molecule has 2 aromatic heterocycles. The first kappa shape index (κ1) is 12.0. The lowest BCUT2D eigenvalue weighted by atomic mass is 10.4. The molecule has 2 N–H and O–H groups in total. The van der Waals surface area contributed by atoms with Crippen LogP contribution in [0.2, 0.25) is 0 Å². The largest absolute Gasteiger partial charge is 0.392 e. The second kappa shape index (κ2) is 4.82. The molecule has 0 aliphatic carbocycles. The third kappa shape index (κ3) is 2.82. The number of rotatable bonds is 4. The van der Waals surface area contributed by atoms with Crippen LogP contribution in [0.25, 0.3) is 0 Å². The first-order chi connectivity index (χ1) is 8.12. The van der Waals surface area contributed by atoms with Gasteiger partial charge in [-0.3, -0.25) is 4.72 Å². The van der Waals surface area contributed by atoms with E-state index in [1.807, 2.05) is 0 Å². The Hall–Kier alpha value is -1.44. The summed E-state index contributed by atoms with van der Waals surface area (Å²) in [6.45, 7) is -0.171. The Labute approximate surface area is 103 Å². The number of pyridine rings is 1. The lowest BCUT2D eigenvalue weighted by molar-refractivity contribution is 0.282. The Bertz CT molecular complexity index is 593. The van der Waals surface area contributed by atoms with Gasteiger partial charge in [-0.2, -0.15) is 0 Å². The minimum atomic E-state index is -3.61. The lowest BCUT2D eigenvalue weighted by Crippen LogP contribution is -2.12. The molecular formula is C10H10N2O3S2. The first-order valence-electron chi connectivity index (χ1n) is 4.74. The highest BCUT2D eigenvalue weighted by Gasteiger charge is 2.17. The summed E-state index contributed by atoms with van der Waals surface area (Å²) < 4.78 is 26.3. The Balaban J connectivity index is 2.25. The van der Waals surface area contributed by atoms with Crippen molar-refractivity contribution in [3.8, 4) is 0 Å². The van der Waals surface area contributed by atoms with Crippen LogP contribution in [0.4, 0.5) is 5.82 Å². The van der Waals surface area contributed by atoms with E-state index in [-0.39, 0.29) is 16.6 Å². The summed E-state index contributed by atoms with van der Waals surface area (Å²) >= 11 is 1.06. The summed E-state index contributed by atoms with van der Waals surface area (Å²) in [6, 6.07) is 6.40. The number of nitrogens with one attached hydrogen (secondary N) is 1. The SMILES string of the molecule is O=S(=O)(Nc1ccccn1)c1cc(CO)cs1. The fourth-order valence-corrected chi connectivity index (χ4v) is 3.40. The Morgan fingerprint density at radius 2 is 2.24 bits per heavy atom. The zero-order chi connectivity index (χ0) is 12.3. The maximum Gasteiger partial charge on any atom is 0.272 e. The van der Waals surface area contributed by atoms with E-state index in [0.29, 0.717) is 5.56 Å². The third-order valence-electron chi connectivity index (χ3n) is 1.98. The standard InChI is InChI=1S/C10H10N2O3S2/c13-6-8-5-10(16-7-8)17(14,15)12-9-3-1-2-4-11-9/h1-5,7,13H,6H2,(H,11,12). The molecule has 2 aromatic rings. The van der Waals surface area contributed by atoms with E-state index in [2.05, 4.69) is 9.71 Å². The van der Waals surface area contributed by atoms with Gasteiger partial charge in [0, 0.05) is 6.20 Å². The van der Waals surface area contributed by atoms with Crippen molar-refractivity contribution < 1.29 is 13.5 Å². The predicted octanol–water partition coefficient (Wildman–Crippen LogP) is 1.44. The maximum absolute atomic E-state index is 11.9. The van der Waals surface area contributed by atoms with E-state index in [1.54, 1.807) is 23.6 Å². The van der Waals surface area contributed by atoms with Crippen LogP contribution >= 0.6 is 11.3 Å². The normalized spacial score (nSPS) is 11.4. The molecule has 0 unspecified atom stereocenters. The fourth-order valence-electron chi connectivity index (χ4n) is 1.19. The number of aromatic nitrogens is 1. The van der Waals surface area contributed by atoms with Gasteiger partial charge in [0.25, 0.3) is 10.0 Å². The quantitative estimate of drug-likeness (QED) is 0.881. The number of aliphatic hydroxyl groups excluding tert-OH is 1. The van der Waals surface area contributed by atoms with Gasteiger partial charge in [0.1, 0.15) is 10.0 Å². The Morgan fingerprint density at radius 1 is 1.41 bits per heavy atom. The second-order valence-electron chi connectivity index (χ2n) is 3.25. The van der Waals surface area contributed by atoms with Crippen LogP contribution in [-0.4, -0.2) is 18.5 Å². The van der Waals surface area contributed by atoms with Crippen LogP contribution in [0.3, 0.4) is 0 Å². The molecular weight excluding hydrogens is 260 g/mol. The maximum atomic E-state index is 11.9. The average molecular weight is 270 g/mol. The van der Waals surface area contributed by atoms with Crippen LogP contribution in [-0.2, 0) is 16.6 Å². The van der Waals surface area contributed by atoms with Gasteiger partial charge >= 0.3 is 0 Å². The zero-order valence-electron chi connectivity index (χ0n) is 8.70. The highest BCUT2D eigenvalue weighted by atomic mass is 32.2. The molecule has 0 fully saturated rings. The van der Waals surface area contributed by atoms with E-state index < -0.39 is 10.0 Å². The number of sulfonamides is 1. The van der Waals surface area contributed by atoms with Gasteiger partial charge in [0.2, 0.25) is 0 Å². The topological polar surface area (TPSA) is 79.3 Å². The minimum absolute atomic E-state index is 0.159. The molecule has 7 heteroatoms. The third-order valence-corrected chi connectivity index (χ3v) is 4.82. The van der Waals surface area contributed by atoms with Crippen molar-refractivity contribution >= 4 is 27.2 Å². The molecule has 0 radical (unpaired) electrons. The Kier molecular flexibility index (Phi) is 3.41. The number of hydrogen-bond donors (Lipinski definition) is 2. The number of hydrogen-bond acceptors (Lipinski definition) is 5. The van der Waals surface area contributed by atoms with E-state index in [9.17, 15) is 8.42 Å². The number of thiophene rings is 1. The molecule has 0 aromatic carbocycles. The molecule has 0 saturated carbocycles. The lowest BCUT2D eigenvalue weighted by Gasteiger charge is -2.04. The fraction of sp³-hybridized carbons (Fsp3) is 0.100. The van der Waals surface area contributed by atoms with Crippen molar-refractivity contribution in [1.82, 2.24) is 4.98 Å². The highest BCUT2D eigenvalue weighted by molar-refractivity contribution is 7.94. The summed E-state index contributed by atoms with van der Waals surface area (Å²) in [6.07, 6.45) is 1.51. The minimum Gasteiger partial charge on any atom is -0.392 e. The highest BCUT2D eigenvalue weighted by Crippen LogP contribution is 2.22. The molecule has 0 aliphatic heterocycles. The number of anilines is 1. The molecule has 0 aliphatic rings. The van der Waals surface area contributed by atoms with E-state index >= 15 is 0 Å². The van der Waals surface area contributed by atoms with Crippen LogP contribution in [0.1, 0.15) is 5.56 Å². The van der Waals surface area contributed by atoms with E-state index in [0.717, 1.165) is 11.3 Å². The molecule has 0 spiro atoms. The first-order valence-corrected chi connectivity index (χ1v) is 7.10. The van der Waals surface area contributed by atoms with Crippen molar-refractivity contribution in [2.45, 2.75) is 10.8 Å². The van der Waals surface area contributed by atoms with E-state index in [1.165, 1.54) is 12.3 Å². The summed E-state index contributed by atoms with van der Waals surface area (Å²) in [5.41, 5.74) is 0.580. The smallest absolute Gasteiger partial charge is 0.272 e.